The number of benzene rings is 1. The fraction of sp³-hybridized carbons (Fsp3) is 0.118. The zero-order valence-electron chi connectivity index (χ0n) is 11.5. The van der Waals surface area contributed by atoms with Crippen LogP contribution in [0.3, 0.4) is 0 Å². The maximum atomic E-state index is 12.1. The molecule has 0 aliphatic rings. The van der Waals surface area contributed by atoms with Crippen molar-refractivity contribution in [2.45, 2.75) is 6.92 Å². The molecule has 0 saturated heterocycles. The van der Waals surface area contributed by atoms with Gasteiger partial charge in [0.25, 0.3) is 0 Å². The summed E-state index contributed by atoms with van der Waals surface area (Å²) in [6, 6.07) is 15.7. The van der Waals surface area contributed by atoms with Gasteiger partial charge in [0.1, 0.15) is 0 Å². The van der Waals surface area contributed by atoms with E-state index in [9.17, 15) is 4.79 Å². The van der Waals surface area contributed by atoms with Crippen LogP contribution in [0.15, 0.2) is 59.2 Å². The maximum absolute atomic E-state index is 12.1. The van der Waals surface area contributed by atoms with Crippen molar-refractivity contribution >= 4 is 27.4 Å². The lowest BCUT2D eigenvalue weighted by atomic mass is 10.1. The fourth-order valence-electron chi connectivity index (χ4n) is 2.38. The Kier molecular flexibility index (Phi) is 3.80. The van der Waals surface area contributed by atoms with Crippen LogP contribution in [0.1, 0.15) is 17.3 Å². The molecule has 3 nitrogen and oxygen atoms in total. The molecule has 2 heterocycles. The largest absolute Gasteiger partial charge is 0.462 e. The summed E-state index contributed by atoms with van der Waals surface area (Å²) in [4.78, 5) is 12.1. The average Bonchev–Trinajstić information content (AvgIpc) is 2.87. The summed E-state index contributed by atoms with van der Waals surface area (Å²) in [6.45, 7) is 2.18. The van der Waals surface area contributed by atoms with Gasteiger partial charge in [-0.05, 0) is 46.6 Å². The molecule has 2 aromatic heterocycles. The van der Waals surface area contributed by atoms with Crippen LogP contribution < -0.4 is 0 Å². The van der Waals surface area contributed by atoms with Gasteiger partial charge in [-0.3, -0.25) is 0 Å². The molecule has 0 aliphatic carbocycles. The van der Waals surface area contributed by atoms with E-state index in [2.05, 4.69) is 15.9 Å². The smallest absolute Gasteiger partial charge is 0.340 e. The molecule has 0 aliphatic heterocycles. The Morgan fingerprint density at radius 2 is 1.95 bits per heavy atom. The number of ether oxygens (including phenoxy) is 1. The third-order valence-electron chi connectivity index (χ3n) is 3.29. The lowest BCUT2D eigenvalue weighted by molar-refractivity contribution is 0.0529. The minimum Gasteiger partial charge on any atom is -0.462 e. The van der Waals surface area contributed by atoms with Crippen molar-refractivity contribution in [3.8, 4) is 11.3 Å². The minimum atomic E-state index is -0.292. The van der Waals surface area contributed by atoms with Crippen LogP contribution in [-0.4, -0.2) is 17.0 Å². The molecule has 0 fully saturated rings. The van der Waals surface area contributed by atoms with Crippen LogP contribution in [0.2, 0.25) is 0 Å². The van der Waals surface area contributed by atoms with Crippen molar-refractivity contribution in [1.29, 1.82) is 0 Å². The van der Waals surface area contributed by atoms with Gasteiger partial charge >= 0.3 is 5.97 Å². The molecule has 21 heavy (non-hydrogen) atoms. The Hall–Kier alpha value is -2.07. The maximum Gasteiger partial charge on any atom is 0.340 e. The molecule has 0 bridgehead atoms. The third-order valence-corrected chi connectivity index (χ3v) is 3.76. The highest BCUT2D eigenvalue weighted by Gasteiger charge is 2.17. The SMILES string of the molecule is CCOC(=O)c1cc(-c2ccccc2)n2cc(Br)ccc12. The quantitative estimate of drug-likeness (QED) is 0.653. The van der Waals surface area contributed by atoms with Crippen LogP contribution in [0, 0.1) is 0 Å². The van der Waals surface area contributed by atoms with Gasteiger partial charge in [-0.2, -0.15) is 0 Å². The molecule has 0 saturated carbocycles. The lowest BCUT2D eigenvalue weighted by Crippen LogP contribution is -2.03. The summed E-state index contributed by atoms with van der Waals surface area (Å²) in [6.07, 6.45) is 1.96. The number of hydrogen-bond donors (Lipinski definition) is 0. The molecule has 3 aromatic rings. The highest BCUT2D eigenvalue weighted by molar-refractivity contribution is 9.10. The molecule has 106 valence electrons. The molecular formula is C17H14BrNO2. The standard InChI is InChI=1S/C17H14BrNO2/c1-2-21-17(20)14-10-16(12-6-4-3-5-7-12)19-11-13(18)8-9-15(14)19/h3-11H,2H2,1H3. The third kappa shape index (κ3) is 2.59. The summed E-state index contributed by atoms with van der Waals surface area (Å²) < 4.78 is 8.11. The monoisotopic (exact) mass is 343 g/mol. The van der Waals surface area contributed by atoms with E-state index in [4.69, 9.17) is 4.74 Å². The van der Waals surface area contributed by atoms with E-state index in [0.29, 0.717) is 12.2 Å². The summed E-state index contributed by atoms with van der Waals surface area (Å²) in [7, 11) is 0. The van der Waals surface area contributed by atoms with Gasteiger partial charge in [0.05, 0.1) is 23.4 Å². The number of esters is 1. The first-order valence-corrected chi connectivity index (χ1v) is 7.53. The van der Waals surface area contributed by atoms with E-state index in [1.807, 2.05) is 66.1 Å². The second kappa shape index (κ2) is 5.74. The zero-order valence-corrected chi connectivity index (χ0v) is 13.1. The predicted molar refractivity (Wildman–Crippen MR) is 86.5 cm³/mol. The van der Waals surface area contributed by atoms with E-state index in [1.54, 1.807) is 0 Å². The molecule has 3 rings (SSSR count). The normalized spacial score (nSPS) is 10.8. The Bertz CT molecular complexity index is 793. The Morgan fingerprint density at radius 3 is 2.67 bits per heavy atom. The Labute approximate surface area is 131 Å². The number of pyridine rings is 1. The van der Waals surface area contributed by atoms with Gasteiger partial charge in [-0.15, -0.1) is 0 Å². The topological polar surface area (TPSA) is 30.7 Å². The second-order valence-electron chi connectivity index (χ2n) is 4.63. The van der Waals surface area contributed by atoms with Gasteiger partial charge in [-0.25, -0.2) is 4.79 Å². The summed E-state index contributed by atoms with van der Waals surface area (Å²) in [5, 5.41) is 0. The number of halogens is 1. The molecule has 0 unspecified atom stereocenters. The van der Waals surface area contributed by atoms with E-state index in [1.165, 1.54) is 0 Å². The number of nitrogens with zero attached hydrogens (tertiary/aromatic N) is 1. The molecule has 4 heteroatoms. The van der Waals surface area contributed by atoms with Gasteiger partial charge < -0.3 is 9.14 Å². The van der Waals surface area contributed by atoms with Crippen LogP contribution in [0.4, 0.5) is 0 Å². The van der Waals surface area contributed by atoms with Crippen molar-refractivity contribution in [3.05, 3.63) is 64.8 Å². The van der Waals surface area contributed by atoms with E-state index in [0.717, 1.165) is 21.2 Å². The Balaban J connectivity index is 2.25. The Morgan fingerprint density at radius 1 is 1.19 bits per heavy atom. The first kappa shape index (κ1) is 13.9. The number of carbonyl (C=O) groups excluding carboxylic acids is 1. The molecule has 0 atom stereocenters. The second-order valence-corrected chi connectivity index (χ2v) is 5.55. The minimum absolute atomic E-state index is 0.292. The van der Waals surface area contributed by atoms with Crippen molar-refractivity contribution < 1.29 is 9.53 Å². The zero-order chi connectivity index (χ0) is 14.8. The van der Waals surface area contributed by atoms with Crippen molar-refractivity contribution in [2.24, 2.45) is 0 Å². The molecular weight excluding hydrogens is 330 g/mol. The molecule has 0 spiro atoms. The van der Waals surface area contributed by atoms with E-state index < -0.39 is 0 Å². The van der Waals surface area contributed by atoms with Gasteiger partial charge in [0.15, 0.2) is 0 Å². The van der Waals surface area contributed by atoms with Gasteiger partial charge in [-0.1, -0.05) is 30.3 Å². The highest BCUT2D eigenvalue weighted by atomic mass is 79.9. The fourth-order valence-corrected chi connectivity index (χ4v) is 2.71. The number of fused-ring (bicyclic) bond motifs is 1. The van der Waals surface area contributed by atoms with Crippen LogP contribution in [-0.2, 0) is 4.74 Å². The number of rotatable bonds is 3. The number of aromatic nitrogens is 1. The van der Waals surface area contributed by atoms with Crippen LogP contribution in [0.25, 0.3) is 16.8 Å². The van der Waals surface area contributed by atoms with Crippen molar-refractivity contribution in [1.82, 2.24) is 4.40 Å². The van der Waals surface area contributed by atoms with Crippen LogP contribution >= 0.6 is 15.9 Å². The number of carbonyl (C=O) groups is 1. The summed E-state index contributed by atoms with van der Waals surface area (Å²) in [5.41, 5.74) is 3.45. The summed E-state index contributed by atoms with van der Waals surface area (Å²) in [5.74, 6) is -0.292. The van der Waals surface area contributed by atoms with Gasteiger partial charge in [0, 0.05) is 10.7 Å². The molecule has 0 N–H and O–H groups in total. The number of hydrogen-bond acceptors (Lipinski definition) is 2. The lowest BCUT2D eigenvalue weighted by Gasteiger charge is -2.04. The van der Waals surface area contributed by atoms with Crippen molar-refractivity contribution in [3.63, 3.8) is 0 Å². The summed E-state index contributed by atoms with van der Waals surface area (Å²) >= 11 is 3.48. The van der Waals surface area contributed by atoms with E-state index in [-0.39, 0.29) is 5.97 Å². The van der Waals surface area contributed by atoms with Gasteiger partial charge in [0.2, 0.25) is 0 Å². The highest BCUT2D eigenvalue weighted by Crippen LogP contribution is 2.28. The first-order chi connectivity index (χ1) is 10.2. The molecule has 0 amide bonds. The molecule has 1 aromatic carbocycles. The predicted octanol–water partition coefficient (Wildman–Crippen LogP) is 4.55. The average molecular weight is 344 g/mol. The first-order valence-electron chi connectivity index (χ1n) is 6.74. The molecule has 0 radical (unpaired) electrons. The van der Waals surface area contributed by atoms with Crippen molar-refractivity contribution in [2.75, 3.05) is 6.61 Å². The van der Waals surface area contributed by atoms with Crippen LogP contribution in [0.5, 0.6) is 0 Å². The van der Waals surface area contributed by atoms with E-state index >= 15 is 0 Å².